The molecule has 0 bridgehead atoms. The minimum atomic E-state index is -3.96. The lowest BCUT2D eigenvalue weighted by molar-refractivity contribution is -0.136. The highest BCUT2D eigenvalue weighted by Gasteiger charge is 2.23. The summed E-state index contributed by atoms with van der Waals surface area (Å²) in [5, 5.41) is 3.96. The van der Waals surface area contributed by atoms with Crippen LogP contribution >= 0.6 is 0 Å². The number of methoxy groups -OCH3 is 1. The van der Waals surface area contributed by atoms with Crippen molar-refractivity contribution in [2.24, 2.45) is 5.11 Å². The van der Waals surface area contributed by atoms with Crippen molar-refractivity contribution in [3.05, 3.63) is 82.5 Å². The average molecular weight is 382 g/mol. The lowest BCUT2D eigenvalue weighted by Gasteiger charge is -2.10. The van der Waals surface area contributed by atoms with E-state index in [1.165, 1.54) is 18.2 Å². The van der Waals surface area contributed by atoms with Crippen LogP contribution < -0.4 is 0 Å². The maximum atomic E-state index is 13.2. The van der Waals surface area contributed by atoms with Crippen LogP contribution in [0.2, 0.25) is 0 Å². The highest BCUT2D eigenvalue weighted by molar-refractivity contribution is 7.90. The molecule has 0 aliphatic heterocycles. The molecule has 0 radical (unpaired) electrons. The van der Waals surface area contributed by atoms with Gasteiger partial charge in [0, 0.05) is 10.3 Å². The first-order chi connectivity index (χ1) is 13.0. The standard InChI is InChI=1S/C18H14N4O4S/c1-26-18(23)16(20-21-19)12-14-11-13-7-5-6-10-17(13)22(14)27(24,25)15-8-3-2-4-9-15/h2-12H,1H3/b16-12-. The fourth-order valence-corrected chi connectivity index (χ4v) is 4.16. The van der Waals surface area contributed by atoms with Crippen LogP contribution in [0.25, 0.3) is 27.4 Å². The molecule has 0 spiro atoms. The van der Waals surface area contributed by atoms with E-state index in [9.17, 15) is 13.2 Å². The Morgan fingerprint density at radius 3 is 2.48 bits per heavy atom. The quantitative estimate of drug-likeness (QED) is 0.220. The first kappa shape index (κ1) is 18.2. The van der Waals surface area contributed by atoms with Crippen LogP contribution in [-0.2, 0) is 19.6 Å². The molecule has 0 aliphatic rings. The van der Waals surface area contributed by atoms with Gasteiger partial charge in [-0.15, -0.1) is 0 Å². The molecule has 9 heteroatoms. The fourth-order valence-electron chi connectivity index (χ4n) is 2.64. The smallest absolute Gasteiger partial charge is 0.340 e. The van der Waals surface area contributed by atoms with E-state index >= 15 is 0 Å². The summed E-state index contributed by atoms with van der Waals surface area (Å²) in [7, 11) is -2.82. The molecular weight excluding hydrogens is 368 g/mol. The van der Waals surface area contributed by atoms with Gasteiger partial charge in [-0.1, -0.05) is 41.5 Å². The second-order valence-electron chi connectivity index (χ2n) is 5.42. The predicted molar refractivity (Wildman–Crippen MR) is 100 cm³/mol. The van der Waals surface area contributed by atoms with Crippen LogP contribution in [0.3, 0.4) is 0 Å². The van der Waals surface area contributed by atoms with Crippen molar-refractivity contribution in [1.82, 2.24) is 3.97 Å². The van der Waals surface area contributed by atoms with Gasteiger partial charge in [-0.05, 0) is 35.9 Å². The number of hydrogen-bond acceptors (Lipinski definition) is 5. The third kappa shape index (κ3) is 3.41. The largest absolute Gasteiger partial charge is 0.466 e. The van der Waals surface area contributed by atoms with E-state index in [0.29, 0.717) is 10.9 Å². The third-order valence-corrected chi connectivity index (χ3v) is 5.56. The van der Waals surface area contributed by atoms with Gasteiger partial charge in [-0.25, -0.2) is 17.2 Å². The van der Waals surface area contributed by atoms with Crippen molar-refractivity contribution < 1.29 is 17.9 Å². The Hall–Kier alpha value is -3.55. The molecule has 0 saturated heterocycles. The van der Waals surface area contributed by atoms with Crippen molar-refractivity contribution in [3.63, 3.8) is 0 Å². The molecule has 0 atom stereocenters. The Labute approximate surface area is 155 Å². The average Bonchev–Trinajstić information content (AvgIpc) is 3.06. The van der Waals surface area contributed by atoms with Gasteiger partial charge in [0.05, 0.1) is 23.2 Å². The molecule has 8 nitrogen and oxygen atoms in total. The monoisotopic (exact) mass is 382 g/mol. The Morgan fingerprint density at radius 1 is 1.15 bits per heavy atom. The summed E-state index contributed by atoms with van der Waals surface area (Å²) in [4.78, 5) is 14.5. The maximum absolute atomic E-state index is 13.2. The fraction of sp³-hybridized carbons (Fsp3) is 0.0556. The maximum Gasteiger partial charge on any atom is 0.340 e. The normalized spacial score (nSPS) is 11.8. The summed E-state index contributed by atoms with van der Waals surface area (Å²) in [5.74, 6) is -0.873. The van der Waals surface area contributed by atoms with Gasteiger partial charge in [0.15, 0.2) is 0 Å². The Morgan fingerprint density at radius 2 is 1.81 bits per heavy atom. The van der Waals surface area contributed by atoms with E-state index in [1.54, 1.807) is 48.5 Å². The number of carbonyl (C=O) groups is 1. The lowest BCUT2D eigenvalue weighted by Crippen LogP contribution is -2.14. The van der Waals surface area contributed by atoms with Gasteiger partial charge in [0.1, 0.15) is 5.70 Å². The van der Waals surface area contributed by atoms with E-state index in [1.807, 2.05) is 0 Å². The molecule has 3 rings (SSSR count). The molecule has 0 amide bonds. The second-order valence-corrected chi connectivity index (χ2v) is 7.21. The SMILES string of the molecule is COC(=O)/C(=C/c1cc2ccccc2n1S(=O)(=O)c1ccccc1)N=[N+]=[N-]. The molecule has 0 fully saturated rings. The number of benzene rings is 2. The summed E-state index contributed by atoms with van der Waals surface area (Å²) in [6.07, 6.45) is 1.19. The molecule has 2 aromatic carbocycles. The van der Waals surface area contributed by atoms with Crippen LogP contribution in [0.1, 0.15) is 5.69 Å². The molecule has 0 N–H and O–H groups in total. The van der Waals surface area contributed by atoms with Crippen LogP contribution in [-0.4, -0.2) is 25.5 Å². The van der Waals surface area contributed by atoms with Gasteiger partial charge < -0.3 is 4.74 Å². The van der Waals surface area contributed by atoms with Gasteiger partial charge in [-0.3, -0.25) is 0 Å². The van der Waals surface area contributed by atoms with Crippen molar-refractivity contribution in [2.75, 3.05) is 7.11 Å². The predicted octanol–water partition coefficient (Wildman–Crippen LogP) is 3.70. The van der Waals surface area contributed by atoms with Crippen LogP contribution in [0.5, 0.6) is 0 Å². The lowest BCUT2D eigenvalue weighted by atomic mass is 10.2. The number of esters is 1. The molecule has 1 heterocycles. The van der Waals surface area contributed by atoms with Gasteiger partial charge in [-0.2, -0.15) is 0 Å². The second kappa shape index (κ2) is 7.36. The zero-order chi connectivity index (χ0) is 19.4. The molecule has 136 valence electrons. The number of carbonyl (C=O) groups excluding carboxylic acids is 1. The number of nitrogens with zero attached hydrogens (tertiary/aromatic N) is 4. The minimum Gasteiger partial charge on any atom is -0.466 e. The van der Waals surface area contributed by atoms with Crippen molar-refractivity contribution in [3.8, 4) is 0 Å². The Bertz CT molecular complexity index is 1190. The first-order valence-electron chi connectivity index (χ1n) is 7.75. The zero-order valence-corrected chi connectivity index (χ0v) is 15.0. The zero-order valence-electron chi connectivity index (χ0n) is 14.2. The van der Waals surface area contributed by atoms with Crippen LogP contribution in [0.4, 0.5) is 0 Å². The summed E-state index contributed by atoms with van der Waals surface area (Å²) >= 11 is 0. The molecule has 3 aromatic rings. The topological polar surface area (TPSA) is 114 Å². The van der Waals surface area contributed by atoms with E-state index in [2.05, 4.69) is 14.8 Å². The minimum absolute atomic E-state index is 0.0874. The Balaban J connectivity index is 2.34. The van der Waals surface area contributed by atoms with Crippen molar-refractivity contribution >= 4 is 33.0 Å². The number of rotatable bonds is 5. The number of aromatic nitrogens is 1. The number of para-hydroxylation sites is 1. The van der Waals surface area contributed by atoms with Gasteiger partial charge in [0.25, 0.3) is 10.0 Å². The molecule has 1 aromatic heterocycles. The molecule has 27 heavy (non-hydrogen) atoms. The Kier molecular flexibility index (Phi) is 4.98. The highest BCUT2D eigenvalue weighted by atomic mass is 32.2. The molecule has 0 unspecified atom stereocenters. The molecule has 0 saturated carbocycles. The van der Waals surface area contributed by atoms with E-state index < -0.39 is 16.0 Å². The van der Waals surface area contributed by atoms with Crippen molar-refractivity contribution in [2.45, 2.75) is 4.90 Å². The van der Waals surface area contributed by atoms with Gasteiger partial charge in [0.2, 0.25) is 0 Å². The summed E-state index contributed by atoms with van der Waals surface area (Å²) in [5.41, 5.74) is 8.92. The number of hydrogen-bond donors (Lipinski definition) is 0. The van der Waals surface area contributed by atoms with E-state index in [0.717, 1.165) is 11.1 Å². The van der Waals surface area contributed by atoms with Gasteiger partial charge >= 0.3 is 5.97 Å². The number of fused-ring (bicyclic) bond motifs is 1. The van der Waals surface area contributed by atoms with E-state index in [-0.39, 0.29) is 16.3 Å². The van der Waals surface area contributed by atoms with E-state index in [4.69, 9.17) is 5.53 Å². The molecular formula is C18H14N4O4S. The summed E-state index contributed by atoms with van der Waals surface area (Å²) in [6, 6.07) is 16.4. The number of azide groups is 1. The number of ether oxygens (including phenoxy) is 1. The summed E-state index contributed by atoms with van der Waals surface area (Å²) in [6.45, 7) is 0. The first-order valence-corrected chi connectivity index (χ1v) is 9.19. The molecule has 0 aliphatic carbocycles. The van der Waals surface area contributed by atoms with Crippen LogP contribution in [0.15, 0.2) is 76.4 Å². The highest BCUT2D eigenvalue weighted by Crippen LogP contribution is 2.27. The third-order valence-electron chi connectivity index (χ3n) is 3.81. The van der Waals surface area contributed by atoms with Crippen molar-refractivity contribution in [1.29, 1.82) is 0 Å². The summed E-state index contributed by atoms with van der Waals surface area (Å²) < 4.78 is 32.1. The van der Waals surface area contributed by atoms with Crippen LogP contribution in [0, 0.1) is 0 Å².